The van der Waals surface area contributed by atoms with Crippen molar-refractivity contribution in [3.8, 4) is 0 Å². The van der Waals surface area contributed by atoms with Gasteiger partial charge in [0.2, 0.25) is 5.43 Å². The maximum absolute atomic E-state index is 14.4. The fourth-order valence-electron chi connectivity index (χ4n) is 2.83. The molecule has 0 radical (unpaired) electrons. The maximum atomic E-state index is 14.4. The first-order chi connectivity index (χ1) is 12.6. The summed E-state index contributed by atoms with van der Waals surface area (Å²) in [5.74, 6) is -0.399. The van der Waals surface area contributed by atoms with E-state index in [1.54, 1.807) is 12.3 Å². The first kappa shape index (κ1) is 18.9. The van der Waals surface area contributed by atoms with Gasteiger partial charge in [0, 0.05) is 29.1 Å². The number of pyridine rings is 1. The van der Waals surface area contributed by atoms with E-state index >= 15 is 0 Å². The third-order valence-corrected chi connectivity index (χ3v) is 5.12. The Balaban J connectivity index is 2.03. The lowest BCUT2D eigenvalue weighted by molar-refractivity contribution is 0.0333. The molecular weight excluding hydrogens is 357 g/mol. The second-order valence-corrected chi connectivity index (χ2v) is 7.38. The molecule has 1 saturated carbocycles. The minimum atomic E-state index is -0.696. The Morgan fingerprint density at radius 1 is 1.31 bits per heavy atom. The molecule has 5 nitrogen and oxygen atoms in total. The summed E-state index contributed by atoms with van der Waals surface area (Å²) in [6.07, 6.45) is 3.51. The summed E-state index contributed by atoms with van der Waals surface area (Å²) >= 11 is 1.39. The van der Waals surface area contributed by atoms with Crippen molar-refractivity contribution in [2.75, 3.05) is 25.6 Å². The van der Waals surface area contributed by atoms with Crippen LogP contribution in [0.25, 0.3) is 10.9 Å². The van der Waals surface area contributed by atoms with Gasteiger partial charge in [0.1, 0.15) is 18.0 Å². The fourth-order valence-corrected chi connectivity index (χ4v) is 3.53. The zero-order valence-corrected chi connectivity index (χ0v) is 15.7. The molecule has 0 spiro atoms. The Kier molecular flexibility index (Phi) is 5.98. The van der Waals surface area contributed by atoms with Gasteiger partial charge in [-0.3, -0.25) is 4.79 Å². The number of rotatable bonds is 8. The fraction of sp³-hybridized carbons (Fsp3) is 0.474. The van der Waals surface area contributed by atoms with Crippen LogP contribution in [0.3, 0.4) is 0 Å². The zero-order chi connectivity index (χ0) is 18.7. The highest BCUT2D eigenvalue weighted by Crippen LogP contribution is 2.38. The number of benzene rings is 1. The van der Waals surface area contributed by atoms with Crippen molar-refractivity contribution in [2.24, 2.45) is 0 Å². The Hall–Kier alpha value is -1.86. The summed E-state index contributed by atoms with van der Waals surface area (Å²) in [5.41, 5.74) is 0.113. The van der Waals surface area contributed by atoms with E-state index in [0.717, 1.165) is 18.6 Å². The van der Waals surface area contributed by atoms with Gasteiger partial charge in [0.25, 0.3) is 0 Å². The molecule has 0 aliphatic heterocycles. The molecule has 0 saturated heterocycles. The van der Waals surface area contributed by atoms with Crippen molar-refractivity contribution >= 4 is 28.6 Å². The van der Waals surface area contributed by atoms with Crippen LogP contribution in [0.2, 0.25) is 0 Å². The molecule has 1 heterocycles. The third-order valence-electron chi connectivity index (χ3n) is 4.21. The number of thioether (sulfide) groups is 1. The van der Waals surface area contributed by atoms with Crippen LogP contribution in [0.15, 0.2) is 28.0 Å². The second-order valence-electron chi connectivity index (χ2n) is 6.08. The number of carbonyl (C=O) groups is 1. The van der Waals surface area contributed by atoms with Gasteiger partial charge in [-0.1, -0.05) is 6.92 Å². The molecule has 1 aromatic carbocycles. The van der Waals surface area contributed by atoms with Crippen molar-refractivity contribution in [1.29, 1.82) is 0 Å². The average molecular weight is 379 g/mol. The standard InChI is InChI=1S/C19H22FNO4S/c1-3-24-7-8-25-19(23)14-11-21(12-5-6-12)16-10-17(26-4-2)15(20)9-13(16)18(14)22/h9-12H,3-8H2,1-2H3. The first-order valence-corrected chi connectivity index (χ1v) is 9.81. The molecule has 0 amide bonds. The van der Waals surface area contributed by atoms with Crippen molar-refractivity contribution in [1.82, 2.24) is 4.57 Å². The van der Waals surface area contributed by atoms with E-state index in [-0.39, 0.29) is 30.2 Å². The molecule has 1 aliphatic rings. The zero-order valence-electron chi connectivity index (χ0n) is 14.9. The van der Waals surface area contributed by atoms with Crippen LogP contribution < -0.4 is 5.43 Å². The van der Waals surface area contributed by atoms with Crippen LogP contribution in [-0.2, 0) is 9.47 Å². The van der Waals surface area contributed by atoms with Gasteiger partial charge in [-0.2, -0.15) is 0 Å². The van der Waals surface area contributed by atoms with Gasteiger partial charge in [-0.05, 0) is 37.7 Å². The molecule has 0 atom stereocenters. The molecule has 26 heavy (non-hydrogen) atoms. The molecule has 1 aromatic heterocycles. The van der Waals surface area contributed by atoms with Crippen LogP contribution in [0.1, 0.15) is 43.1 Å². The number of carbonyl (C=O) groups excluding carboxylic acids is 1. The summed E-state index contributed by atoms with van der Waals surface area (Å²) in [4.78, 5) is 25.6. The van der Waals surface area contributed by atoms with Crippen LogP contribution in [-0.4, -0.2) is 36.1 Å². The number of ether oxygens (including phenoxy) is 2. The smallest absolute Gasteiger partial charge is 0.343 e. The molecule has 0 N–H and O–H groups in total. The van der Waals surface area contributed by atoms with Crippen molar-refractivity contribution in [3.05, 3.63) is 39.9 Å². The van der Waals surface area contributed by atoms with E-state index in [0.29, 0.717) is 17.0 Å². The quantitative estimate of drug-likeness (QED) is 0.397. The third kappa shape index (κ3) is 3.94. The maximum Gasteiger partial charge on any atom is 0.343 e. The van der Waals surface area contributed by atoms with Gasteiger partial charge in [0.15, 0.2) is 0 Å². The normalized spacial score (nSPS) is 14.0. The van der Waals surface area contributed by atoms with Crippen LogP contribution >= 0.6 is 11.8 Å². The number of halogens is 1. The van der Waals surface area contributed by atoms with Crippen LogP contribution in [0, 0.1) is 5.82 Å². The Bertz CT molecular complexity index is 876. The van der Waals surface area contributed by atoms with E-state index in [1.807, 2.05) is 18.4 Å². The molecule has 1 aliphatic carbocycles. The lowest BCUT2D eigenvalue weighted by atomic mass is 10.1. The number of aromatic nitrogens is 1. The summed E-state index contributed by atoms with van der Waals surface area (Å²) < 4.78 is 26.5. The number of hydrogen-bond acceptors (Lipinski definition) is 5. The lowest BCUT2D eigenvalue weighted by Gasteiger charge is -2.14. The monoisotopic (exact) mass is 379 g/mol. The van der Waals surface area contributed by atoms with Crippen molar-refractivity contribution < 1.29 is 18.7 Å². The van der Waals surface area contributed by atoms with Gasteiger partial charge < -0.3 is 14.0 Å². The molecule has 3 rings (SSSR count). The highest BCUT2D eigenvalue weighted by Gasteiger charge is 2.27. The van der Waals surface area contributed by atoms with Gasteiger partial charge in [-0.15, -0.1) is 11.8 Å². The summed E-state index contributed by atoms with van der Waals surface area (Å²) in [6.45, 7) is 4.68. The van der Waals surface area contributed by atoms with E-state index in [1.165, 1.54) is 17.8 Å². The van der Waals surface area contributed by atoms with Gasteiger partial charge >= 0.3 is 5.97 Å². The minimum Gasteiger partial charge on any atom is -0.459 e. The molecule has 140 valence electrons. The van der Waals surface area contributed by atoms with Crippen molar-refractivity contribution in [2.45, 2.75) is 37.6 Å². The number of hydrogen-bond donors (Lipinski definition) is 0. The predicted molar refractivity (Wildman–Crippen MR) is 99.6 cm³/mol. The minimum absolute atomic E-state index is 0.0591. The number of nitrogens with zero attached hydrogens (tertiary/aromatic N) is 1. The lowest BCUT2D eigenvalue weighted by Crippen LogP contribution is -2.22. The first-order valence-electron chi connectivity index (χ1n) is 8.82. The molecule has 1 fully saturated rings. The Morgan fingerprint density at radius 3 is 2.73 bits per heavy atom. The SMILES string of the molecule is CCOCCOC(=O)c1cn(C2CC2)c2cc(SCC)c(F)cc2c1=O. The number of fused-ring (bicyclic) bond motifs is 1. The summed E-state index contributed by atoms with van der Waals surface area (Å²) in [6, 6.07) is 3.19. The largest absolute Gasteiger partial charge is 0.459 e. The van der Waals surface area contributed by atoms with E-state index in [9.17, 15) is 14.0 Å². The highest BCUT2D eigenvalue weighted by molar-refractivity contribution is 7.99. The topological polar surface area (TPSA) is 57.5 Å². The molecule has 2 aromatic rings. The molecular formula is C19H22FNO4S. The van der Waals surface area contributed by atoms with Gasteiger partial charge in [-0.25, -0.2) is 9.18 Å². The molecule has 0 bridgehead atoms. The molecule has 7 heteroatoms. The summed E-state index contributed by atoms with van der Waals surface area (Å²) in [7, 11) is 0. The highest BCUT2D eigenvalue weighted by atomic mass is 32.2. The van der Waals surface area contributed by atoms with E-state index < -0.39 is 17.2 Å². The van der Waals surface area contributed by atoms with E-state index in [2.05, 4.69) is 0 Å². The van der Waals surface area contributed by atoms with Crippen LogP contribution in [0.4, 0.5) is 4.39 Å². The average Bonchev–Trinajstić information content (AvgIpc) is 3.45. The number of esters is 1. The Labute approximate surface area is 155 Å². The Morgan fingerprint density at radius 2 is 2.08 bits per heavy atom. The predicted octanol–water partition coefficient (Wildman–Crippen LogP) is 3.78. The summed E-state index contributed by atoms with van der Waals surface area (Å²) in [5, 5.41) is 0.217. The van der Waals surface area contributed by atoms with E-state index in [4.69, 9.17) is 9.47 Å². The second kappa shape index (κ2) is 8.22. The van der Waals surface area contributed by atoms with Crippen LogP contribution in [0.5, 0.6) is 0 Å². The molecule has 0 unspecified atom stereocenters. The van der Waals surface area contributed by atoms with Gasteiger partial charge in [0.05, 0.1) is 12.1 Å². The van der Waals surface area contributed by atoms with Crippen molar-refractivity contribution in [3.63, 3.8) is 0 Å².